The predicted octanol–water partition coefficient (Wildman–Crippen LogP) is 2.49. The Morgan fingerprint density at radius 3 is 2.72 bits per heavy atom. The average Bonchev–Trinajstić information content (AvgIpc) is 2.73. The molecule has 1 aliphatic heterocycles. The summed E-state index contributed by atoms with van der Waals surface area (Å²) in [4.78, 5) is 2.33. The summed E-state index contributed by atoms with van der Waals surface area (Å²) in [5, 5.41) is 9.47. The number of hydrogen-bond acceptors (Lipinski definition) is 3. The molecule has 3 N–H and O–H groups in total. The maximum atomic E-state index is 9.47. The second-order valence-corrected chi connectivity index (χ2v) is 4.80. The second-order valence-electron chi connectivity index (χ2n) is 4.80. The number of nitrogens with zero attached hydrogens (tertiary/aromatic N) is 1. The number of phenols is 1. The zero-order valence-corrected chi connectivity index (χ0v) is 10.1. The molecule has 0 aliphatic carbocycles. The van der Waals surface area contributed by atoms with Gasteiger partial charge in [0.05, 0.1) is 0 Å². The zero-order chi connectivity index (χ0) is 12.5. The van der Waals surface area contributed by atoms with Crippen LogP contribution in [-0.4, -0.2) is 10.0 Å². The summed E-state index contributed by atoms with van der Waals surface area (Å²) in [6.45, 7) is 2.65. The minimum Gasteiger partial charge on any atom is -0.508 e. The molecule has 3 heteroatoms. The summed E-state index contributed by atoms with van der Waals surface area (Å²) in [6, 6.07) is 13.5. The molecule has 3 nitrogen and oxygen atoms in total. The Labute approximate surface area is 106 Å². The van der Waals surface area contributed by atoms with E-state index in [1.54, 1.807) is 6.07 Å². The number of nitrogen functional groups attached to an aromatic ring is 1. The Bertz CT molecular complexity index is 580. The highest BCUT2D eigenvalue weighted by Crippen LogP contribution is 2.28. The smallest absolute Gasteiger partial charge is 0.115 e. The van der Waals surface area contributed by atoms with Crippen molar-refractivity contribution in [1.29, 1.82) is 0 Å². The first kappa shape index (κ1) is 11.1. The number of nitrogens with two attached hydrogens (primary N) is 1. The third-order valence-electron chi connectivity index (χ3n) is 3.40. The third-order valence-corrected chi connectivity index (χ3v) is 3.40. The number of hydrogen-bond donors (Lipinski definition) is 2. The first-order chi connectivity index (χ1) is 8.72. The molecule has 92 valence electrons. The van der Waals surface area contributed by atoms with E-state index in [4.69, 9.17) is 5.73 Å². The number of anilines is 1. The minimum absolute atomic E-state index is 0.323. The molecule has 0 unspecified atom stereocenters. The normalized spacial score (nSPS) is 14.7. The molecule has 3 rings (SSSR count). The highest BCUT2D eigenvalue weighted by atomic mass is 16.3. The molecule has 1 heterocycles. The minimum atomic E-state index is 0.323. The molecule has 0 radical (unpaired) electrons. The van der Waals surface area contributed by atoms with Gasteiger partial charge in [0, 0.05) is 25.3 Å². The van der Waals surface area contributed by atoms with Crippen LogP contribution in [0.25, 0.3) is 0 Å². The van der Waals surface area contributed by atoms with Crippen LogP contribution in [0.5, 0.6) is 5.75 Å². The van der Waals surface area contributed by atoms with Gasteiger partial charge in [0.15, 0.2) is 0 Å². The lowest BCUT2D eigenvalue weighted by Gasteiger charge is -2.14. The van der Waals surface area contributed by atoms with Crippen LogP contribution in [-0.2, 0) is 19.6 Å². The molecule has 0 fully saturated rings. The number of rotatable bonds is 2. The maximum absolute atomic E-state index is 9.47. The van der Waals surface area contributed by atoms with Crippen molar-refractivity contribution in [2.24, 2.45) is 0 Å². The predicted molar refractivity (Wildman–Crippen MR) is 71.9 cm³/mol. The fourth-order valence-electron chi connectivity index (χ4n) is 2.54. The van der Waals surface area contributed by atoms with Gasteiger partial charge < -0.3 is 10.8 Å². The molecule has 2 aromatic carbocycles. The largest absolute Gasteiger partial charge is 0.508 e. The molecule has 0 amide bonds. The molecular weight excluding hydrogens is 224 g/mol. The molecule has 0 bridgehead atoms. The van der Waals surface area contributed by atoms with E-state index in [0.29, 0.717) is 5.75 Å². The average molecular weight is 240 g/mol. The summed E-state index contributed by atoms with van der Waals surface area (Å²) in [7, 11) is 0. The number of aromatic hydroxyl groups is 1. The molecule has 0 atom stereocenters. The van der Waals surface area contributed by atoms with Crippen LogP contribution < -0.4 is 5.73 Å². The van der Waals surface area contributed by atoms with E-state index < -0.39 is 0 Å². The van der Waals surface area contributed by atoms with Crippen molar-refractivity contribution < 1.29 is 5.11 Å². The van der Waals surface area contributed by atoms with Gasteiger partial charge in [-0.15, -0.1) is 0 Å². The summed E-state index contributed by atoms with van der Waals surface area (Å²) in [5.41, 5.74) is 10.6. The highest BCUT2D eigenvalue weighted by Gasteiger charge is 2.20. The van der Waals surface area contributed by atoms with Crippen molar-refractivity contribution in [3.63, 3.8) is 0 Å². The van der Waals surface area contributed by atoms with Crippen LogP contribution in [0.15, 0.2) is 42.5 Å². The van der Waals surface area contributed by atoms with Gasteiger partial charge in [-0.25, -0.2) is 0 Å². The first-order valence-electron chi connectivity index (χ1n) is 6.09. The van der Waals surface area contributed by atoms with Gasteiger partial charge in [-0.05, 0) is 34.9 Å². The van der Waals surface area contributed by atoms with Crippen LogP contribution in [0, 0.1) is 0 Å². The van der Waals surface area contributed by atoms with Crippen molar-refractivity contribution >= 4 is 5.69 Å². The fourth-order valence-corrected chi connectivity index (χ4v) is 2.54. The molecule has 18 heavy (non-hydrogen) atoms. The van der Waals surface area contributed by atoms with Crippen molar-refractivity contribution in [1.82, 2.24) is 4.90 Å². The lowest BCUT2D eigenvalue weighted by molar-refractivity contribution is 0.275. The Morgan fingerprint density at radius 2 is 1.94 bits per heavy atom. The number of fused-ring (bicyclic) bond motifs is 1. The van der Waals surface area contributed by atoms with Crippen LogP contribution in [0.4, 0.5) is 5.69 Å². The van der Waals surface area contributed by atoms with Gasteiger partial charge in [-0.2, -0.15) is 0 Å². The third kappa shape index (κ3) is 2.05. The first-order valence-corrected chi connectivity index (χ1v) is 6.09. The van der Waals surface area contributed by atoms with Crippen molar-refractivity contribution in [2.45, 2.75) is 19.6 Å². The SMILES string of the molecule is Nc1cccc2c1CN(Cc1cccc(O)c1)C2. The monoisotopic (exact) mass is 240 g/mol. The zero-order valence-electron chi connectivity index (χ0n) is 10.1. The van der Waals surface area contributed by atoms with Gasteiger partial charge >= 0.3 is 0 Å². The van der Waals surface area contributed by atoms with Crippen LogP contribution in [0.1, 0.15) is 16.7 Å². The summed E-state index contributed by atoms with van der Waals surface area (Å²) >= 11 is 0. The second kappa shape index (κ2) is 4.35. The van der Waals surface area contributed by atoms with Gasteiger partial charge in [0.25, 0.3) is 0 Å². The lowest BCUT2D eigenvalue weighted by atomic mass is 10.1. The molecule has 0 spiro atoms. The molecule has 0 saturated carbocycles. The van der Waals surface area contributed by atoms with Gasteiger partial charge in [0.2, 0.25) is 0 Å². The number of phenolic OH excluding ortho intramolecular Hbond substituents is 1. The van der Waals surface area contributed by atoms with E-state index in [1.807, 2.05) is 30.3 Å². The van der Waals surface area contributed by atoms with Crippen LogP contribution in [0.3, 0.4) is 0 Å². The molecule has 0 aromatic heterocycles. The van der Waals surface area contributed by atoms with Crippen molar-refractivity contribution in [3.8, 4) is 5.75 Å². The molecule has 2 aromatic rings. The van der Waals surface area contributed by atoms with Gasteiger partial charge in [-0.3, -0.25) is 4.90 Å². The Kier molecular flexibility index (Phi) is 2.68. The quantitative estimate of drug-likeness (QED) is 0.793. The lowest BCUT2D eigenvalue weighted by Crippen LogP contribution is -2.15. The molecule has 1 aliphatic rings. The van der Waals surface area contributed by atoms with E-state index in [0.717, 1.165) is 30.9 Å². The molecule has 0 saturated heterocycles. The van der Waals surface area contributed by atoms with Gasteiger partial charge in [0.1, 0.15) is 5.75 Å². The topological polar surface area (TPSA) is 49.5 Å². The van der Waals surface area contributed by atoms with E-state index in [9.17, 15) is 5.11 Å². The summed E-state index contributed by atoms with van der Waals surface area (Å²) < 4.78 is 0. The molecular formula is C15H16N2O. The van der Waals surface area contributed by atoms with Crippen LogP contribution >= 0.6 is 0 Å². The van der Waals surface area contributed by atoms with E-state index >= 15 is 0 Å². The van der Waals surface area contributed by atoms with Crippen LogP contribution in [0.2, 0.25) is 0 Å². The van der Waals surface area contributed by atoms with Gasteiger partial charge in [-0.1, -0.05) is 24.3 Å². The number of benzene rings is 2. The van der Waals surface area contributed by atoms with E-state index in [2.05, 4.69) is 11.0 Å². The highest BCUT2D eigenvalue weighted by molar-refractivity contribution is 5.52. The van der Waals surface area contributed by atoms with E-state index in [1.165, 1.54) is 11.1 Å². The van der Waals surface area contributed by atoms with Crippen molar-refractivity contribution in [2.75, 3.05) is 5.73 Å². The van der Waals surface area contributed by atoms with E-state index in [-0.39, 0.29) is 0 Å². The Hall–Kier alpha value is -2.00. The summed E-state index contributed by atoms with van der Waals surface area (Å²) in [6.07, 6.45) is 0. The Morgan fingerprint density at radius 1 is 1.11 bits per heavy atom. The summed E-state index contributed by atoms with van der Waals surface area (Å²) in [5.74, 6) is 0.323. The fraction of sp³-hybridized carbons (Fsp3) is 0.200. The standard InChI is InChI=1S/C15H16N2O/c16-15-6-2-4-12-9-17(10-14(12)15)8-11-3-1-5-13(18)7-11/h1-7,18H,8-10,16H2. The Balaban J connectivity index is 1.77. The maximum Gasteiger partial charge on any atom is 0.115 e. The van der Waals surface area contributed by atoms with Crippen molar-refractivity contribution in [3.05, 3.63) is 59.2 Å².